The van der Waals surface area contributed by atoms with E-state index in [0.29, 0.717) is 17.0 Å². The van der Waals surface area contributed by atoms with Crippen molar-refractivity contribution in [2.24, 2.45) is 0 Å². The van der Waals surface area contributed by atoms with Crippen molar-refractivity contribution in [2.45, 2.75) is 46.3 Å². The number of rotatable bonds is 4. The molecule has 1 amide bonds. The molecule has 0 radical (unpaired) electrons. The molecule has 2 heterocycles. The average molecular weight is 389 g/mol. The van der Waals surface area contributed by atoms with Gasteiger partial charge in [0.15, 0.2) is 12.7 Å². The lowest BCUT2D eigenvalue weighted by Gasteiger charge is -2.26. The van der Waals surface area contributed by atoms with Crippen molar-refractivity contribution in [2.75, 3.05) is 11.9 Å². The Hall–Kier alpha value is -2.38. The highest BCUT2D eigenvalue weighted by atomic mass is 32.1. The van der Waals surface area contributed by atoms with Gasteiger partial charge in [-0.3, -0.25) is 4.79 Å². The van der Waals surface area contributed by atoms with Crippen LogP contribution in [0.4, 0.5) is 5.69 Å². The molecular weight excluding hydrogens is 366 g/mol. The number of amides is 1. The first-order valence-electron chi connectivity index (χ1n) is 8.64. The second-order valence-electron chi connectivity index (χ2n) is 7.50. The van der Waals surface area contributed by atoms with E-state index in [4.69, 9.17) is 9.47 Å². The van der Waals surface area contributed by atoms with Crippen molar-refractivity contribution in [1.29, 1.82) is 0 Å². The number of thiophene rings is 1. The van der Waals surface area contributed by atoms with Crippen LogP contribution in [0.3, 0.4) is 0 Å². The number of ether oxygens (including phenoxy) is 2. The smallest absolute Gasteiger partial charge is 0.337 e. The average Bonchev–Trinajstić information content (AvgIpc) is 2.84. The van der Waals surface area contributed by atoms with E-state index in [-0.39, 0.29) is 12.5 Å². The predicted molar refractivity (Wildman–Crippen MR) is 105 cm³/mol. The zero-order chi connectivity index (χ0) is 19.9. The molecule has 0 fully saturated rings. The quantitative estimate of drug-likeness (QED) is 0.814. The van der Waals surface area contributed by atoms with Crippen molar-refractivity contribution in [1.82, 2.24) is 0 Å². The molecule has 1 aromatic heterocycles. The van der Waals surface area contributed by atoms with Crippen molar-refractivity contribution in [3.8, 4) is 16.9 Å². The molecule has 2 aromatic rings. The molecule has 0 aliphatic carbocycles. The summed E-state index contributed by atoms with van der Waals surface area (Å²) in [6, 6.07) is 5.49. The Labute approximate surface area is 162 Å². The van der Waals surface area contributed by atoms with Crippen LogP contribution in [0, 0.1) is 13.8 Å². The lowest BCUT2D eigenvalue weighted by Crippen LogP contribution is -2.27. The summed E-state index contributed by atoms with van der Waals surface area (Å²) >= 11 is 1.54. The van der Waals surface area contributed by atoms with Gasteiger partial charge in [-0.05, 0) is 52.3 Å². The van der Waals surface area contributed by atoms with E-state index in [1.807, 2.05) is 46.8 Å². The van der Waals surface area contributed by atoms with Gasteiger partial charge in [0.1, 0.15) is 5.75 Å². The van der Waals surface area contributed by atoms with Gasteiger partial charge < -0.3 is 19.9 Å². The van der Waals surface area contributed by atoms with Crippen LogP contribution in [-0.4, -0.2) is 29.2 Å². The van der Waals surface area contributed by atoms with E-state index >= 15 is 0 Å². The molecule has 1 aliphatic rings. The number of aliphatic carboxylic acids is 1. The molecule has 0 saturated carbocycles. The number of anilines is 1. The van der Waals surface area contributed by atoms with E-state index < -0.39 is 17.7 Å². The number of benzene rings is 1. The highest BCUT2D eigenvalue weighted by molar-refractivity contribution is 7.12. The normalized spacial score (nSPS) is 14.9. The third-order valence-corrected chi connectivity index (χ3v) is 5.20. The maximum atomic E-state index is 12.0. The molecule has 1 aromatic carbocycles. The molecular formula is C20H23NO5S. The lowest BCUT2D eigenvalue weighted by atomic mass is 9.95. The maximum Gasteiger partial charge on any atom is 0.337 e. The lowest BCUT2D eigenvalue weighted by molar-refractivity contribution is -0.160. The monoisotopic (exact) mass is 389 g/mol. The van der Waals surface area contributed by atoms with Gasteiger partial charge in [-0.15, -0.1) is 11.3 Å². The molecule has 144 valence electrons. The Morgan fingerprint density at radius 3 is 2.63 bits per heavy atom. The second-order valence-corrected chi connectivity index (χ2v) is 8.93. The van der Waals surface area contributed by atoms with Crippen LogP contribution in [0.25, 0.3) is 11.1 Å². The van der Waals surface area contributed by atoms with E-state index in [9.17, 15) is 14.7 Å². The third kappa shape index (κ3) is 3.99. The molecule has 27 heavy (non-hydrogen) atoms. The number of aryl methyl sites for hydroxylation is 2. The summed E-state index contributed by atoms with van der Waals surface area (Å²) in [5.74, 6) is -0.635. The number of hydrogen-bond donors (Lipinski definition) is 2. The molecule has 1 unspecified atom stereocenters. The van der Waals surface area contributed by atoms with Crippen molar-refractivity contribution >= 4 is 28.9 Å². The number of carboxylic acids is 1. The molecule has 0 spiro atoms. The summed E-state index contributed by atoms with van der Waals surface area (Å²) in [6.07, 6.45) is -1.08. The van der Waals surface area contributed by atoms with Crippen LogP contribution >= 0.6 is 11.3 Å². The van der Waals surface area contributed by atoms with Crippen molar-refractivity contribution < 1.29 is 24.2 Å². The van der Waals surface area contributed by atoms with Gasteiger partial charge in [-0.1, -0.05) is 6.07 Å². The van der Waals surface area contributed by atoms with Gasteiger partial charge in [0.05, 0.1) is 11.3 Å². The minimum Gasteiger partial charge on any atom is -0.482 e. The van der Waals surface area contributed by atoms with Crippen LogP contribution in [0.2, 0.25) is 0 Å². The zero-order valence-corrected chi connectivity index (χ0v) is 16.8. The highest BCUT2D eigenvalue weighted by Crippen LogP contribution is 2.43. The summed E-state index contributed by atoms with van der Waals surface area (Å²) in [5, 5.41) is 12.6. The molecule has 6 nitrogen and oxygen atoms in total. The second kappa shape index (κ2) is 6.98. The Kier molecular flexibility index (Phi) is 5.01. The zero-order valence-electron chi connectivity index (χ0n) is 16.0. The standard InChI is InChI=1S/C20H23NO5S/c1-10-16(12-6-7-14-13(8-12)21-15(22)9-25-14)17(11(2)27-10)18(19(23)24)26-20(3,4)5/h6-8,18H,9H2,1-5H3,(H,21,22)(H,23,24). The van der Waals surface area contributed by atoms with Crippen LogP contribution < -0.4 is 10.1 Å². The number of carbonyl (C=O) groups excluding carboxylic acids is 1. The van der Waals surface area contributed by atoms with Gasteiger partial charge in [-0.2, -0.15) is 0 Å². The Morgan fingerprint density at radius 1 is 1.30 bits per heavy atom. The summed E-state index contributed by atoms with van der Waals surface area (Å²) in [6.45, 7) is 9.37. The molecule has 2 N–H and O–H groups in total. The first kappa shape index (κ1) is 19.4. The largest absolute Gasteiger partial charge is 0.482 e. The fourth-order valence-corrected chi connectivity index (χ4v) is 4.31. The van der Waals surface area contributed by atoms with Crippen LogP contribution in [-0.2, 0) is 14.3 Å². The summed E-state index contributed by atoms with van der Waals surface area (Å²) in [4.78, 5) is 25.5. The number of carbonyl (C=O) groups is 2. The van der Waals surface area contributed by atoms with Crippen LogP contribution in [0.1, 0.15) is 42.2 Å². The molecule has 0 saturated heterocycles. The van der Waals surface area contributed by atoms with Gasteiger partial charge in [0.25, 0.3) is 5.91 Å². The molecule has 7 heteroatoms. The third-order valence-electron chi connectivity index (χ3n) is 4.17. The highest BCUT2D eigenvalue weighted by Gasteiger charge is 2.32. The van der Waals surface area contributed by atoms with Gasteiger partial charge in [0.2, 0.25) is 0 Å². The minimum absolute atomic E-state index is 0.00526. The van der Waals surface area contributed by atoms with Crippen molar-refractivity contribution in [3.63, 3.8) is 0 Å². The van der Waals surface area contributed by atoms with E-state index in [2.05, 4.69) is 5.32 Å². The van der Waals surface area contributed by atoms with Crippen LogP contribution in [0.15, 0.2) is 18.2 Å². The van der Waals surface area contributed by atoms with Gasteiger partial charge in [-0.25, -0.2) is 4.79 Å². The fraction of sp³-hybridized carbons (Fsp3) is 0.400. The number of carboxylic acid groups (broad SMARTS) is 1. The van der Waals surface area contributed by atoms with Crippen LogP contribution in [0.5, 0.6) is 5.75 Å². The summed E-state index contributed by atoms with van der Waals surface area (Å²) < 4.78 is 11.3. The molecule has 1 atom stereocenters. The van der Waals surface area contributed by atoms with E-state index in [0.717, 1.165) is 20.9 Å². The SMILES string of the molecule is Cc1sc(C)c(C(OC(C)(C)C)C(=O)O)c1-c1ccc2c(c1)NC(=O)CO2. The predicted octanol–water partition coefficient (Wildman–Crippen LogP) is 4.30. The first-order valence-corrected chi connectivity index (χ1v) is 9.46. The molecule has 0 bridgehead atoms. The van der Waals surface area contributed by atoms with Crippen molar-refractivity contribution in [3.05, 3.63) is 33.5 Å². The Bertz CT molecular complexity index is 910. The summed E-state index contributed by atoms with van der Waals surface area (Å²) in [7, 11) is 0. The number of fused-ring (bicyclic) bond motifs is 1. The summed E-state index contributed by atoms with van der Waals surface area (Å²) in [5.41, 5.74) is 2.28. The van der Waals surface area contributed by atoms with Gasteiger partial charge >= 0.3 is 5.97 Å². The van der Waals surface area contributed by atoms with Gasteiger partial charge in [0, 0.05) is 20.9 Å². The Morgan fingerprint density at radius 2 is 2.00 bits per heavy atom. The maximum absolute atomic E-state index is 12.0. The Balaban J connectivity index is 2.13. The molecule has 3 rings (SSSR count). The minimum atomic E-state index is -1.08. The first-order chi connectivity index (χ1) is 12.6. The van der Waals surface area contributed by atoms with E-state index in [1.54, 1.807) is 6.07 Å². The topological polar surface area (TPSA) is 84.9 Å². The number of hydrogen-bond acceptors (Lipinski definition) is 5. The molecule has 1 aliphatic heterocycles. The fourth-order valence-electron chi connectivity index (χ4n) is 3.20. The van der Waals surface area contributed by atoms with E-state index in [1.165, 1.54) is 11.3 Å². The number of nitrogens with one attached hydrogen (secondary N) is 1.